The summed E-state index contributed by atoms with van der Waals surface area (Å²) in [5.74, 6) is -1.07. The molecule has 0 radical (unpaired) electrons. The van der Waals surface area contributed by atoms with Crippen molar-refractivity contribution in [2.45, 2.75) is 37.0 Å². The minimum atomic E-state index is -3.78. The van der Waals surface area contributed by atoms with Gasteiger partial charge in [0.1, 0.15) is 12.2 Å². The molecule has 31 heavy (non-hydrogen) atoms. The fourth-order valence-electron chi connectivity index (χ4n) is 3.89. The molecule has 0 spiro atoms. The van der Waals surface area contributed by atoms with Crippen molar-refractivity contribution in [1.29, 1.82) is 0 Å². The molecule has 12 heteroatoms. The van der Waals surface area contributed by atoms with Gasteiger partial charge in [-0.2, -0.15) is 0 Å². The second-order valence-corrected chi connectivity index (χ2v) is 9.95. The Balaban J connectivity index is 1.31. The van der Waals surface area contributed by atoms with Crippen LogP contribution >= 0.6 is 11.3 Å². The first-order valence-electron chi connectivity index (χ1n) is 9.50. The predicted octanol–water partition coefficient (Wildman–Crippen LogP) is 0.850. The Kier molecular flexibility index (Phi) is 4.73. The molecular weight excluding hydrogens is 442 g/mol. The monoisotopic (exact) mass is 459 g/mol. The van der Waals surface area contributed by atoms with Crippen LogP contribution in [0.5, 0.6) is 0 Å². The normalized spacial score (nSPS) is 20.7. The first-order valence-corrected chi connectivity index (χ1v) is 11.9. The molecule has 2 aromatic heterocycles. The molecule has 0 saturated carbocycles. The minimum Gasteiger partial charge on any atom is -0.592 e. The van der Waals surface area contributed by atoms with E-state index in [4.69, 9.17) is 0 Å². The molecule has 1 saturated heterocycles. The maximum atomic E-state index is 12.7. The Morgan fingerprint density at radius 3 is 2.97 bits per heavy atom. The van der Waals surface area contributed by atoms with Gasteiger partial charge in [0, 0.05) is 30.1 Å². The molecule has 2 aliphatic heterocycles. The lowest BCUT2D eigenvalue weighted by molar-refractivity contribution is -0.136. The first-order chi connectivity index (χ1) is 14.8. The van der Waals surface area contributed by atoms with E-state index in [-0.39, 0.29) is 36.4 Å². The van der Waals surface area contributed by atoms with E-state index < -0.39 is 22.3 Å². The van der Waals surface area contributed by atoms with Gasteiger partial charge < -0.3 is 9.45 Å². The fourth-order valence-corrected chi connectivity index (χ4v) is 5.75. The summed E-state index contributed by atoms with van der Waals surface area (Å²) in [7, 11) is -3.78. The molecule has 1 aromatic carbocycles. The van der Waals surface area contributed by atoms with Gasteiger partial charge in [-0.3, -0.25) is 19.7 Å². The van der Waals surface area contributed by atoms with Crippen LogP contribution in [-0.4, -0.2) is 42.6 Å². The summed E-state index contributed by atoms with van der Waals surface area (Å²) in [6.45, 7) is 0.277. The van der Waals surface area contributed by atoms with Crippen molar-refractivity contribution in [1.82, 2.24) is 24.3 Å². The van der Waals surface area contributed by atoms with Crippen LogP contribution in [-0.2, 0) is 37.3 Å². The molecule has 2 atom stereocenters. The Hall–Kier alpha value is -2.93. The quantitative estimate of drug-likeness (QED) is 0.429. The lowest BCUT2D eigenvalue weighted by Gasteiger charge is -2.29. The predicted molar refractivity (Wildman–Crippen MR) is 109 cm³/mol. The molecule has 0 aliphatic carbocycles. The summed E-state index contributed by atoms with van der Waals surface area (Å²) in [6.07, 6.45) is 3.44. The molecule has 3 aromatic rings. The standard InChI is InChI=1S/C19H17N5O5S2/c25-15-4-3-14(17(26)22-15)24-10-12-7-11(1-2-13(12)18(24)27)8-21-31(28,29)16-9-20-19-23(16)5-6-30-19/h1-2,5-7,9,14H,3-4,8,10H2,(H2-,21,22,25,26,28,29). The van der Waals surface area contributed by atoms with E-state index in [1.807, 2.05) is 0 Å². The number of imidazole rings is 1. The van der Waals surface area contributed by atoms with E-state index in [0.717, 1.165) is 5.56 Å². The molecule has 3 amide bonds. The van der Waals surface area contributed by atoms with Crippen LogP contribution in [0.4, 0.5) is 0 Å². The first kappa shape index (κ1) is 20.0. The number of carbonyl (C=O) groups is 3. The van der Waals surface area contributed by atoms with Gasteiger partial charge in [-0.25, -0.2) is 9.38 Å². The lowest BCUT2D eigenvalue weighted by atomic mass is 10.0. The summed E-state index contributed by atoms with van der Waals surface area (Å²) in [6, 6.07) is 4.40. The van der Waals surface area contributed by atoms with Crippen LogP contribution < -0.4 is 10.0 Å². The number of fused-ring (bicyclic) bond motifs is 2. The summed E-state index contributed by atoms with van der Waals surface area (Å²) >= 11 is 1.34. The second kappa shape index (κ2) is 7.34. The number of nitrogens with one attached hydrogen (secondary N) is 2. The summed E-state index contributed by atoms with van der Waals surface area (Å²) in [5, 5.41) is 4.09. The molecule has 5 rings (SSSR count). The van der Waals surface area contributed by atoms with Crippen LogP contribution in [0.25, 0.3) is 4.96 Å². The maximum absolute atomic E-state index is 12.7. The highest BCUT2D eigenvalue weighted by Gasteiger charge is 2.39. The third kappa shape index (κ3) is 3.47. The van der Waals surface area contributed by atoms with Crippen molar-refractivity contribution in [2.75, 3.05) is 0 Å². The number of benzene rings is 1. The van der Waals surface area contributed by atoms with E-state index in [1.54, 1.807) is 29.8 Å². The van der Waals surface area contributed by atoms with Crippen LogP contribution in [0.3, 0.4) is 0 Å². The number of thiazole rings is 1. The van der Waals surface area contributed by atoms with Gasteiger partial charge in [0.25, 0.3) is 10.9 Å². The summed E-state index contributed by atoms with van der Waals surface area (Å²) in [5.41, 5.74) is 1.88. The summed E-state index contributed by atoms with van der Waals surface area (Å²) in [4.78, 5) is 42.4. The molecule has 2 aliphatic rings. The van der Waals surface area contributed by atoms with Gasteiger partial charge in [0.15, 0.2) is 15.4 Å². The number of imide groups is 1. The zero-order chi connectivity index (χ0) is 21.8. The van der Waals surface area contributed by atoms with Crippen molar-refractivity contribution in [3.8, 4) is 0 Å². The second-order valence-electron chi connectivity index (χ2n) is 7.37. The molecule has 160 valence electrons. The van der Waals surface area contributed by atoms with Crippen LogP contribution in [0.2, 0.25) is 0 Å². The highest BCUT2D eigenvalue weighted by molar-refractivity contribution is 7.95. The number of piperidine rings is 1. The van der Waals surface area contributed by atoms with Gasteiger partial charge in [-0.05, 0) is 23.6 Å². The highest BCUT2D eigenvalue weighted by atomic mass is 32.3. The zero-order valence-electron chi connectivity index (χ0n) is 16.1. The average molecular weight is 460 g/mol. The number of amides is 3. The van der Waals surface area contributed by atoms with Crippen LogP contribution in [0.1, 0.15) is 34.3 Å². The zero-order valence-corrected chi connectivity index (χ0v) is 17.7. The maximum Gasteiger partial charge on any atom is 0.272 e. The summed E-state index contributed by atoms with van der Waals surface area (Å²) < 4.78 is 29.4. The van der Waals surface area contributed by atoms with Gasteiger partial charge in [0.2, 0.25) is 11.8 Å². The molecule has 4 heterocycles. The van der Waals surface area contributed by atoms with E-state index in [9.17, 15) is 23.1 Å². The number of rotatable bonds is 5. The number of hydrogen-bond donors (Lipinski definition) is 2. The Bertz CT molecular complexity index is 1280. The Morgan fingerprint density at radius 1 is 1.32 bits per heavy atom. The number of hydrogen-bond acceptors (Lipinski definition) is 7. The van der Waals surface area contributed by atoms with Crippen molar-refractivity contribution in [3.05, 3.63) is 52.7 Å². The van der Waals surface area contributed by atoms with E-state index in [0.29, 0.717) is 22.5 Å². The van der Waals surface area contributed by atoms with Crippen molar-refractivity contribution < 1.29 is 23.1 Å². The average Bonchev–Trinajstić information content (AvgIpc) is 3.41. The Morgan fingerprint density at radius 2 is 2.16 bits per heavy atom. The van der Waals surface area contributed by atoms with Gasteiger partial charge in [-0.15, -0.1) is 16.1 Å². The molecular formula is C19H17N5O5S2. The molecule has 0 bridgehead atoms. The van der Waals surface area contributed by atoms with Gasteiger partial charge in [0.05, 0.1) is 6.54 Å². The number of nitrogens with zero attached hydrogens (tertiary/aromatic N) is 3. The number of aromatic nitrogens is 2. The third-order valence-corrected chi connectivity index (χ3v) is 7.59. The number of sulfonamides is 1. The van der Waals surface area contributed by atoms with E-state index >= 15 is 0 Å². The van der Waals surface area contributed by atoms with Crippen molar-refractivity contribution >= 4 is 44.4 Å². The third-order valence-electron chi connectivity index (χ3n) is 5.44. The fraction of sp³-hybridized carbons (Fsp3) is 0.263. The van der Waals surface area contributed by atoms with Gasteiger partial charge in [-0.1, -0.05) is 16.3 Å². The molecule has 2 N–H and O–H groups in total. The van der Waals surface area contributed by atoms with Crippen molar-refractivity contribution in [3.63, 3.8) is 0 Å². The Labute approximate surface area is 181 Å². The molecule has 10 nitrogen and oxygen atoms in total. The molecule has 2 unspecified atom stereocenters. The number of carbonyl (C=O) groups excluding carboxylic acids is 3. The van der Waals surface area contributed by atoms with E-state index in [2.05, 4.69) is 15.0 Å². The van der Waals surface area contributed by atoms with E-state index in [1.165, 1.54) is 26.8 Å². The smallest absolute Gasteiger partial charge is 0.272 e. The van der Waals surface area contributed by atoms with Crippen molar-refractivity contribution in [2.24, 2.45) is 0 Å². The van der Waals surface area contributed by atoms with Crippen LogP contribution in [0.15, 0.2) is 41.0 Å². The molecule has 1 fully saturated rings. The highest BCUT2D eigenvalue weighted by Crippen LogP contribution is 2.28. The SMILES string of the molecule is O=C1CCC(N2Cc3cc(CN[S+](=O)([O-])c4cnc5sccn45)ccc3C2=O)C(=O)N1. The minimum absolute atomic E-state index is 0.0413. The van der Waals surface area contributed by atoms with Crippen LogP contribution in [0, 0.1) is 0 Å². The van der Waals surface area contributed by atoms with Gasteiger partial charge >= 0.3 is 0 Å². The largest absolute Gasteiger partial charge is 0.592 e. The lowest BCUT2D eigenvalue weighted by Crippen LogP contribution is -2.52. The topological polar surface area (TPSA) is 136 Å².